The van der Waals surface area contributed by atoms with Crippen molar-refractivity contribution in [1.82, 2.24) is 19.6 Å². The Hall–Kier alpha value is -0.720. The predicted molar refractivity (Wildman–Crippen MR) is 74.4 cm³/mol. The van der Waals surface area contributed by atoms with Crippen molar-refractivity contribution in [2.75, 3.05) is 44.2 Å². The fourth-order valence-electron chi connectivity index (χ4n) is 2.48. The quantitative estimate of drug-likeness (QED) is 0.876. The van der Waals surface area contributed by atoms with Gasteiger partial charge in [-0.1, -0.05) is 13.8 Å². The predicted octanol–water partition coefficient (Wildman–Crippen LogP) is 0.755. The molecule has 0 bridgehead atoms. The van der Waals surface area contributed by atoms with Crippen LogP contribution in [0.4, 0.5) is 5.13 Å². The third kappa shape index (κ3) is 2.37. The largest absolute Gasteiger partial charge is 0.344 e. The molecule has 1 aromatic heterocycles. The van der Waals surface area contributed by atoms with Crippen LogP contribution in [0.3, 0.4) is 0 Å². The van der Waals surface area contributed by atoms with Gasteiger partial charge in [0.2, 0.25) is 5.13 Å². The number of anilines is 1. The van der Waals surface area contributed by atoms with Crippen LogP contribution >= 0.6 is 11.5 Å². The maximum atomic E-state index is 4.61. The summed E-state index contributed by atoms with van der Waals surface area (Å²) in [7, 11) is 0. The number of aromatic nitrogens is 2. The molecule has 18 heavy (non-hydrogen) atoms. The number of nitrogens with one attached hydrogen (secondary N) is 1. The zero-order chi connectivity index (χ0) is 12.5. The minimum Gasteiger partial charge on any atom is -0.344 e. The summed E-state index contributed by atoms with van der Waals surface area (Å²) in [5, 5.41) is 4.50. The Bertz CT molecular complexity index is 393. The van der Waals surface area contributed by atoms with E-state index in [9.17, 15) is 0 Å². The molecule has 1 aromatic rings. The smallest absolute Gasteiger partial charge is 0.205 e. The minimum atomic E-state index is 0.431. The third-order valence-electron chi connectivity index (χ3n) is 3.75. The monoisotopic (exact) mass is 267 g/mol. The van der Waals surface area contributed by atoms with Gasteiger partial charge in [-0.2, -0.15) is 4.37 Å². The van der Waals surface area contributed by atoms with Gasteiger partial charge in [-0.3, -0.25) is 4.90 Å². The summed E-state index contributed by atoms with van der Waals surface area (Å²) in [4.78, 5) is 9.57. The molecule has 2 fully saturated rings. The van der Waals surface area contributed by atoms with Crippen LogP contribution in [0, 0.1) is 0 Å². The number of piperazine rings is 1. The van der Waals surface area contributed by atoms with Gasteiger partial charge in [0, 0.05) is 62.8 Å². The summed E-state index contributed by atoms with van der Waals surface area (Å²) in [5.74, 6) is 1.42. The molecule has 3 rings (SSSR count). The van der Waals surface area contributed by atoms with E-state index in [4.69, 9.17) is 0 Å². The molecule has 3 heterocycles. The highest BCUT2D eigenvalue weighted by atomic mass is 32.1. The van der Waals surface area contributed by atoms with Crippen molar-refractivity contribution in [1.29, 1.82) is 0 Å². The fourth-order valence-corrected chi connectivity index (χ4v) is 3.30. The van der Waals surface area contributed by atoms with Gasteiger partial charge in [-0.15, -0.1) is 0 Å². The van der Waals surface area contributed by atoms with E-state index in [0.29, 0.717) is 5.92 Å². The topological polar surface area (TPSA) is 44.3 Å². The van der Waals surface area contributed by atoms with Crippen molar-refractivity contribution in [3.05, 3.63) is 5.82 Å². The summed E-state index contributed by atoms with van der Waals surface area (Å²) >= 11 is 1.54. The Labute approximate surface area is 112 Å². The van der Waals surface area contributed by atoms with Crippen molar-refractivity contribution >= 4 is 16.7 Å². The van der Waals surface area contributed by atoms with Gasteiger partial charge >= 0.3 is 0 Å². The lowest BCUT2D eigenvalue weighted by atomic mass is 10.1. The molecule has 6 heteroatoms. The van der Waals surface area contributed by atoms with Crippen LogP contribution in [0.5, 0.6) is 0 Å². The van der Waals surface area contributed by atoms with Gasteiger partial charge in [0.1, 0.15) is 5.82 Å². The molecule has 0 saturated carbocycles. The van der Waals surface area contributed by atoms with Crippen molar-refractivity contribution in [3.8, 4) is 0 Å². The van der Waals surface area contributed by atoms with Gasteiger partial charge in [0.15, 0.2) is 0 Å². The summed E-state index contributed by atoms with van der Waals surface area (Å²) in [6, 6.07) is 0.721. The van der Waals surface area contributed by atoms with Crippen LogP contribution in [0.2, 0.25) is 0 Å². The number of nitrogens with zero attached hydrogens (tertiary/aromatic N) is 4. The van der Waals surface area contributed by atoms with E-state index >= 15 is 0 Å². The summed E-state index contributed by atoms with van der Waals surface area (Å²) in [6.07, 6.45) is 0. The molecule has 0 unspecified atom stereocenters. The zero-order valence-electron chi connectivity index (χ0n) is 11.1. The number of rotatable bonds is 3. The van der Waals surface area contributed by atoms with E-state index in [1.165, 1.54) is 13.1 Å². The van der Waals surface area contributed by atoms with Gasteiger partial charge in [0.25, 0.3) is 0 Å². The number of hydrogen-bond acceptors (Lipinski definition) is 6. The minimum absolute atomic E-state index is 0.431. The summed E-state index contributed by atoms with van der Waals surface area (Å²) < 4.78 is 4.42. The van der Waals surface area contributed by atoms with E-state index in [-0.39, 0.29) is 0 Å². The van der Waals surface area contributed by atoms with Crippen molar-refractivity contribution in [2.45, 2.75) is 25.8 Å². The Morgan fingerprint density at radius 3 is 2.61 bits per heavy atom. The number of hydrogen-bond donors (Lipinski definition) is 1. The van der Waals surface area contributed by atoms with E-state index < -0.39 is 0 Å². The second kappa shape index (κ2) is 5.11. The van der Waals surface area contributed by atoms with E-state index in [1.807, 2.05) is 0 Å². The molecule has 2 saturated heterocycles. The Balaban J connectivity index is 1.54. The first-order chi connectivity index (χ1) is 8.74. The van der Waals surface area contributed by atoms with Crippen LogP contribution in [-0.4, -0.2) is 59.6 Å². The Morgan fingerprint density at radius 1 is 1.28 bits per heavy atom. The molecule has 0 aliphatic carbocycles. The highest BCUT2D eigenvalue weighted by Crippen LogP contribution is 2.27. The Morgan fingerprint density at radius 2 is 2.00 bits per heavy atom. The van der Waals surface area contributed by atoms with E-state index in [0.717, 1.165) is 43.2 Å². The molecular weight excluding hydrogens is 246 g/mol. The first kappa shape index (κ1) is 12.3. The SMILES string of the molecule is CC(C)c1nsc(N2CC(N3CCNCC3)C2)n1. The molecule has 0 radical (unpaired) electrons. The van der Waals surface area contributed by atoms with Crippen LogP contribution in [-0.2, 0) is 0 Å². The first-order valence-electron chi connectivity index (χ1n) is 6.77. The molecule has 100 valence electrons. The lowest BCUT2D eigenvalue weighted by molar-refractivity contribution is 0.147. The fraction of sp³-hybridized carbons (Fsp3) is 0.833. The lowest BCUT2D eigenvalue weighted by Crippen LogP contribution is -2.62. The average Bonchev–Trinajstić information content (AvgIpc) is 2.78. The molecule has 0 amide bonds. The highest BCUT2D eigenvalue weighted by molar-refractivity contribution is 7.09. The van der Waals surface area contributed by atoms with Gasteiger partial charge < -0.3 is 10.2 Å². The first-order valence-corrected chi connectivity index (χ1v) is 7.54. The standard InChI is InChI=1S/C12H21N5S/c1-9(2)11-14-12(18-15-11)17-7-10(8-17)16-5-3-13-4-6-16/h9-10,13H,3-8H2,1-2H3. The summed E-state index contributed by atoms with van der Waals surface area (Å²) in [5.41, 5.74) is 0. The molecule has 0 spiro atoms. The van der Waals surface area contributed by atoms with E-state index in [1.54, 1.807) is 11.5 Å². The highest BCUT2D eigenvalue weighted by Gasteiger charge is 2.34. The van der Waals surface area contributed by atoms with Crippen LogP contribution in [0.25, 0.3) is 0 Å². The van der Waals surface area contributed by atoms with Gasteiger partial charge in [0.05, 0.1) is 0 Å². The van der Waals surface area contributed by atoms with Crippen molar-refractivity contribution in [3.63, 3.8) is 0 Å². The molecular formula is C12H21N5S. The van der Waals surface area contributed by atoms with E-state index in [2.05, 4.69) is 38.3 Å². The normalized spacial score (nSPS) is 22.5. The molecule has 0 aromatic carbocycles. The molecule has 1 N–H and O–H groups in total. The van der Waals surface area contributed by atoms with Crippen molar-refractivity contribution < 1.29 is 0 Å². The van der Waals surface area contributed by atoms with Crippen LogP contribution in [0.15, 0.2) is 0 Å². The maximum absolute atomic E-state index is 4.61. The lowest BCUT2D eigenvalue weighted by Gasteiger charge is -2.46. The zero-order valence-corrected chi connectivity index (χ0v) is 11.9. The van der Waals surface area contributed by atoms with Crippen LogP contribution < -0.4 is 10.2 Å². The molecule has 2 aliphatic rings. The Kier molecular flexibility index (Phi) is 3.50. The molecule has 2 aliphatic heterocycles. The van der Waals surface area contributed by atoms with Crippen molar-refractivity contribution in [2.24, 2.45) is 0 Å². The second-order valence-electron chi connectivity index (χ2n) is 5.43. The third-order valence-corrected chi connectivity index (χ3v) is 4.54. The van der Waals surface area contributed by atoms with Gasteiger partial charge in [-0.05, 0) is 0 Å². The molecule has 0 atom stereocenters. The van der Waals surface area contributed by atoms with Gasteiger partial charge in [-0.25, -0.2) is 4.98 Å². The molecule has 5 nitrogen and oxygen atoms in total. The summed E-state index contributed by atoms with van der Waals surface area (Å²) in [6.45, 7) is 11.2. The average molecular weight is 267 g/mol. The van der Waals surface area contributed by atoms with Crippen LogP contribution in [0.1, 0.15) is 25.6 Å². The second-order valence-corrected chi connectivity index (χ2v) is 6.16. The maximum Gasteiger partial charge on any atom is 0.205 e.